The fourth-order valence-electron chi connectivity index (χ4n) is 2.86. The van der Waals surface area contributed by atoms with E-state index >= 15 is 0 Å². The number of methoxy groups -OCH3 is 1. The zero-order valence-corrected chi connectivity index (χ0v) is 16.1. The van der Waals surface area contributed by atoms with E-state index in [2.05, 4.69) is 15.5 Å². The van der Waals surface area contributed by atoms with Gasteiger partial charge in [-0.15, -0.1) is 0 Å². The minimum atomic E-state index is -0.0999. The van der Waals surface area contributed by atoms with Crippen LogP contribution in [0.5, 0.6) is 5.75 Å². The number of hydrogen-bond acceptors (Lipinski definition) is 6. The van der Waals surface area contributed by atoms with E-state index in [1.165, 1.54) is 0 Å². The number of rotatable bonds is 9. The van der Waals surface area contributed by atoms with E-state index in [4.69, 9.17) is 9.47 Å². The normalized spacial score (nSPS) is 11.2. The number of nitrogens with zero attached hydrogens (tertiary/aromatic N) is 3. The van der Waals surface area contributed by atoms with Gasteiger partial charge in [-0.05, 0) is 37.6 Å². The molecular weight excluding hydrogens is 356 g/mol. The predicted molar refractivity (Wildman–Crippen MR) is 111 cm³/mol. The van der Waals surface area contributed by atoms with Gasteiger partial charge in [0.2, 0.25) is 5.95 Å². The van der Waals surface area contributed by atoms with Gasteiger partial charge < -0.3 is 9.47 Å². The van der Waals surface area contributed by atoms with Crippen LogP contribution in [0.25, 0.3) is 10.9 Å². The Labute approximate surface area is 163 Å². The summed E-state index contributed by atoms with van der Waals surface area (Å²) in [5.41, 5.74) is 4.26. The maximum absolute atomic E-state index is 12.9. The minimum absolute atomic E-state index is 0.0999. The number of hydrogen-bond donors (Lipinski definition) is 1. The Morgan fingerprint density at radius 1 is 1.18 bits per heavy atom. The molecule has 3 aromatic rings. The van der Waals surface area contributed by atoms with E-state index in [9.17, 15) is 4.79 Å². The molecule has 0 amide bonds. The van der Waals surface area contributed by atoms with Gasteiger partial charge in [0.05, 0.1) is 24.2 Å². The second-order valence-corrected chi connectivity index (χ2v) is 6.07. The van der Waals surface area contributed by atoms with Crippen LogP contribution in [0, 0.1) is 0 Å². The number of fused-ring (bicyclic) bond motifs is 1. The van der Waals surface area contributed by atoms with Crippen LogP contribution in [0.3, 0.4) is 0 Å². The summed E-state index contributed by atoms with van der Waals surface area (Å²) in [4.78, 5) is 17.5. The smallest absolute Gasteiger partial charge is 0.262 e. The summed E-state index contributed by atoms with van der Waals surface area (Å²) >= 11 is 0. The van der Waals surface area contributed by atoms with Gasteiger partial charge in [0.15, 0.2) is 0 Å². The van der Waals surface area contributed by atoms with Gasteiger partial charge in [0.25, 0.3) is 5.56 Å². The number of ether oxygens (including phenoxy) is 2. The Morgan fingerprint density at radius 3 is 2.79 bits per heavy atom. The highest BCUT2D eigenvalue weighted by atomic mass is 16.5. The number of nitrogens with one attached hydrogen (secondary N) is 1. The van der Waals surface area contributed by atoms with Crippen LogP contribution in [0.2, 0.25) is 0 Å². The van der Waals surface area contributed by atoms with Crippen molar-refractivity contribution in [3.63, 3.8) is 0 Å². The minimum Gasteiger partial charge on any atom is -0.496 e. The first-order valence-electron chi connectivity index (χ1n) is 9.24. The molecule has 0 aliphatic carbocycles. The summed E-state index contributed by atoms with van der Waals surface area (Å²) in [5, 5.41) is 4.85. The van der Waals surface area contributed by atoms with E-state index in [1.807, 2.05) is 49.4 Å². The Morgan fingerprint density at radius 2 is 1.96 bits per heavy atom. The molecule has 0 bridgehead atoms. The zero-order valence-electron chi connectivity index (χ0n) is 16.1. The quantitative estimate of drug-likeness (QED) is 0.350. The molecule has 0 fully saturated rings. The Kier molecular flexibility index (Phi) is 6.75. The van der Waals surface area contributed by atoms with E-state index in [-0.39, 0.29) is 5.56 Å². The first kappa shape index (κ1) is 19.6. The maximum Gasteiger partial charge on any atom is 0.262 e. The first-order valence-corrected chi connectivity index (χ1v) is 9.24. The van der Waals surface area contributed by atoms with Crippen molar-refractivity contribution in [3.8, 4) is 5.75 Å². The molecule has 0 spiro atoms. The van der Waals surface area contributed by atoms with Gasteiger partial charge in [0, 0.05) is 25.3 Å². The van der Waals surface area contributed by atoms with E-state index in [0.717, 1.165) is 5.56 Å². The van der Waals surface area contributed by atoms with Crippen LogP contribution >= 0.6 is 0 Å². The number of aromatic nitrogens is 2. The lowest BCUT2D eigenvalue weighted by atomic mass is 10.2. The highest BCUT2D eigenvalue weighted by Crippen LogP contribution is 2.15. The Bertz CT molecular complexity index is 1010. The van der Waals surface area contributed by atoms with Crippen LogP contribution in [0.1, 0.15) is 18.9 Å². The van der Waals surface area contributed by atoms with Crippen LogP contribution in [0.4, 0.5) is 5.95 Å². The van der Waals surface area contributed by atoms with Crippen molar-refractivity contribution >= 4 is 23.1 Å². The lowest BCUT2D eigenvalue weighted by Gasteiger charge is -2.12. The third-order valence-corrected chi connectivity index (χ3v) is 4.24. The lowest BCUT2D eigenvalue weighted by molar-refractivity contribution is 0.141. The van der Waals surface area contributed by atoms with E-state index in [1.54, 1.807) is 24.0 Å². The summed E-state index contributed by atoms with van der Waals surface area (Å²) in [6.45, 7) is 3.67. The van der Waals surface area contributed by atoms with Crippen molar-refractivity contribution in [2.75, 3.05) is 25.7 Å². The summed E-state index contributed by atoms with van der Waals surface area (Å²) in [5.74, 6) is 1.11. The highest BCUT2D eigenvalue weighted by Gasteiger charge is 2.10. The molecule has 0 aliphatic rings. The molecule has 0 aliphatic heterocycles. The largest absolute Gasteiger partial charge is 0.496 e. The summed E-state index contributed by atoms with van der Waals surface area (Å²) in [7, 11) is 1.61. The summed E-state index contributed by atoms with van der Waals surface area (Å²) < 4.78 is 12.3. The molecular formula is C21H24N4O3. The Balaban J connectivity index is 1.89. The molecule has 1 heterocycles. The first-order chi connectivity index (χ1) is 13.7. The molecule has 3 rings (SSSR count). The van der Waals surface area contributed by atoms with Crippen molar-refractivity contribution in [2.24, 2.45) is 5.10 Å². The molecule has 1 aromatic heterocycles. The predicted octanol–water partition coefficient (Wildman–Crippen LogP) is 3.28. The Hall–Kier alpha value is -3.19. The average molecular weight is 380 g/mol. The van der Waals surface area contributed by atoms with Crippen molar-refractivity contribution in [2.45, 2.75) is 19.9 Å². The summed E-state index contributed by atoms with van der Waals surface area (Å²) in [6, 6.07) is 14.8. The topological polar surface area (TPSA) is 77.7 Å². The summed E-state index contributed by atoms with van der Waals surface area (Å²) in [6.07, 6.45) is 2.35. The van der Waals surface area contributed by atoms with Gasteiger partial charge in [-0.3, -0.25) is 9.36 Å². The fraction of sp³-hybridized carbons (Fsp3) is 0.286. The van der Waals surface area contributed by atoms with Gasteiger partial charge in [-0.25, -0.2) is 10.4 Å². The van der Waals surface area contributed by atoms with Crippen LogP contribution in [0.15, 0.2) is 58.4 Å². The average Bonchev–Trinajstić information content (AvgIpc) is 2.73. The molecule has 7 nitrogen and oxygen atoms in total. The number of para-hydroxylation sites is 2. The van der Waals surface area contributed by atoms with Crippen molar-refractivity contribution in [1.29, 1.82) is 0 Å². The molecule has 7 heteroatoms. The van der Waals surface area contributed by atoms with E-state index < -0.39 is 0 Å². The molecule has 146 valence electrons. The van der Waals surface area contributed by atoms with E-state index in [0.29, 0.717) is 48.8 Å². The molecule has 0 radical (unpaired) electrons. The SMILES string of the molecule is CCOCCCn1c(N/N=C\c2ccccc2OC)nc2ccccc2c1=O. The van der Waals surface area contributed by atoms with Crippen LogP contribution < -0.4 is 15.7 Å². The van der Waals surface area contributed by atoms with Gasteiger partial charge in [-0.1, -0.05) is 24.3 Å². The monoisotopic (exact) mass is 380 g/mol. The van der Waals surface area contributed by atoms with Crippen molar-refractivity contribution < 1.29 is 9.47 Å². The van der Waals surface area contributed by atoms with Gasteiger partial charge in [0.1, 0.15) is 5.75 Å². The lowest BCUT2D eigenvalue weighted by Crippen LogP contribution is -2.25. The second-order valence-electron chi connectivity index (χ2n) is 6.07. The zero-order chi connectivity index (χ0) is 19.8. The molecule has 28 heavy (non-hydrogen) atoms. The molecule has 1 N–H and O–H groups in total. The highest BCUT2D eigenvalue weighted by molar-refractivity contribution is 5.84. The van der Waals surface area contributed by atoms with Crippen LogP contribution in [-0.4, -0.2) is 36.1 Å². The molecule has 0 saturated carbocycles. The third-order valence-electron chi connectivity index (χ3n) is 4.24. The molecule has 2 aromatic carbocycles. The fourth-order valence-corrected chi connectivity index (χ4v) is 2.86. The molecule has 0 atom stereocenters. The number of anilines is 1. The standard InChI is InChI=1S/C21H24N4O3/c1-3-28-14-8-13-25-20(26)17-10-5-6-11-18(17)23-21(25)24-22-15-16-9-4-7-12-19(16)27-2/h4-7,9-12,15H,3,8,13-14H2,1-2H3,(H,23,24)/b22-15-. The van der Waals surface area contributed by atoms with Crippen molar-refractivity contribution in [1.82, 2.24) is 9.55 Å². The van der Waals surface area contributed by atoms with Gasteiger partial charge in [-0.2, -0.15) is 5.10 Å². The molecule has 0 unspecified atom stereocenters. The van der Waals surface area contributed by atoms with Crippen LogP contribution in [-0.2, 0) is 11.3 Å². The van der Waals surface area contributed by atoms with Gasteiger partial charge >= 0.3 is 0 Å². The maximum atomic E-state index is 12.9. The number of benzene rings is 2. The number of hydrazone groups is 1. The third kappa shape index (κ3) is 4.55. The second kappa shape index (κ2) is 9.66. The van der Waals surface area contributed by atoms with Crippen molar-refractivity contribution in [3.05, 3.63) is 64.4 Å². The molecule has 0 saturated heterocycles.